The Balaban J connectivity index is 2.46. The molecule has 2 rings (SSSR count). The van der Waals surface area contributed by atoms with Gasteiger partial charge in [0.15, 0.2) is 16.6 Å². The summed E-state index contributed by atoms with van der Waals surface area (Å²) in [5.74, 6) is 0. The number of rotatable bonds is 4. The van der Waals surface area contributed by atoms with Gasteiger partial charge >= 0.3 is 0 Å². The van der Waals surface area contributed by atoms with Gasteiger partial charge in [-0.2, -0.15) is 0 Å². The number of hydrogen-bond acceptors (Lipinski definition) is 3. The van der Waals surface area contributed by atoms with Crippen LogP contribution in [0.2, 0.25) is 36.3 Å². The van der Waals surface area contributed by atoms with Crippen LogP contribution in [0, 0.1) is 5.41 Å². The molecule has 4 atom stereocenters. The maximum Gasteiger partial charge on any atom is 0.192 e. The second kappa shape index (κ2) is 8.12. The summed E-state index contributed by atoms with van der Waals surface area (Å²) in [6, 6.07) is 0. The fourth-order valence-electron chi connectivity index (χ4n) is 4.73. The number of hydrogen-bond donors (Lipinski definition) is 1. The maximum atomic E-state index is 12.5. The lowest BCUT2D eigenvalue weighted by molar-refractivity contribution is -0.210. The third-order valence-corrected chi connectivity index (χ3v) is 18.1. The van der Waals surface area contributed by atoms with E-state index < -0.39 is 22.2 Å². The first-order chi connectivity index (χ1) is 13.3. The van der Waals surface area contributed by atoms with E-state index in [2.05, 4.69) is 87.7 Å². The largest absolute Gasteiger partial charge is 0.413 e. The Labute approximate surface area is 189 Å². The van der Waals surface area contributed by atoms with Gasteiger partial charge in [-0.15, -0.1) is 0 Å². The smallest absolute Gasteiger partial charge is 0.192 e. The predicted octanol–water partition coefficient (Wildman–Crippen LogP) is 7.43. The average molecular weight is 455 g/mol. The monoisotopic (exact) mass is 454 g/mol. The van der Waals surface area contributed by atoms with Crippen molar-refractivity contribution in [2.45, 2.75) is 142 Å². The zero-order chi connectivity index (χ0) is 23.4. The van der Waals surface area contributed by atoms with Crippen molar-refractivity contribution in [3.05, 3.63) is 11.6 Å². The normalized spacial score (nSPS) is 34.2. The van der Waals surface area contributed by atoms with Gasteiger partial charge in [-0.25, -0.2) is 0 Å². The molecule has 0 heterocycles. The second-order valence-electron chi connectivity index (χ2n) is 13.4. The van der Waals surface area contributed by atoms with E-state index in [1.54, 1.807) is 0 Å². The fraction of sp³-hybridized carbons (Fsp3) is 0.920. The van der Waals surface area contributed by atoms with Gasteiger partial charge in [-0.1, -0.05) is 60.1 Å². The zero-order valence-corrected chi connectivity index (χ0v) is 24.0. The molecule has 2 aliphatic rings. The molecule has 0 amide bonds. The predicted molar refractivity (Wildman–Crippen MR) is 134 cm³/mol. The van der Waals surface area contributed by atoms with Gasteiger partial charge < -0.3 is 14.0 Å². The minimum Gasteiger partial charge on any atom is -0.413 e. The fourth-order valence-corrected chi connectivity index (χ4v) is 7.55. The van der Waals surface area contributed by atoms with Gasteiger partial charge in [0.2, 0.25) is 0 Å². The Morgan fingerprint density at radius 2 is 1.33 bits per heavy atom. The highest BCUT2D eigenvalue weighted by Crippen LogP contribution is 2.56. The lowest BCUT2D eigenvalue weighted by atomic mass is 9.58. The minimum absolute atomic E-state index is 0.0851. The number of aliphatic hydroxyl groups is 1. The summed E-state index contributed by atoms with van der Waals surface area (Å²) in [6.07, 6.45) is 6.81. The quantitative estimate of drug-likeness (QED) is 0.354. The Morgan fingerprint density at radius 1 is 0.900 bits per heavy atom. The standard InChI is InChI=1S/C25H50O3Si2/c1-19-14-13-17-24(8)20(27-29(9,10)22(2,3)4)15-16-21(25(24,26)18-19)28-30(11,12)23(5,6)7/h14,20-21,26H,13,15-18H2,1-12H3/t20-,21+,24-,25+/m1/s1. The van der Waals surface area contributed by atoms with Crippen LogP contribution in [0.3, 0.4) is 0 Å². The van der Waals surface area contributed by atoms with Crippen LogP contribution in [0.15, 0.2) is 11.6 Å². The van der Waals surface area contributed by atoms with E-state index in [4.69, 9.17) is 8.85 Å². The maximum absolute atomic E-state index is 12.5. The molecule has 0 saturated heterocycles. The molecule has 1 saturated carbocycles. The molecular weight excluding hydrogens is 404 g/mol. The second-order valence-corrected chi connectivity index (χ2v) is 22.9. The van der Waals surface area contributed by atoms with Crippen molar-refractivity contribution < 1.29 is 14.0 Å². The van der Waals surface area contributed by atoms with Gasteiger partial charge in [-0.05, 0) is 75.3 Å². The summed E-state index contributed by atoms with van der Waals surface area (Å²) in [4.78, 5) is 0. The lowest BCUT2D eigenvalue weighted by Gasteiger charge is -2.59. The van der Waals surface area contributed by atoms with E-state index in [9.17, 15) is 5.11 Å². The molecule has 5 heteroatoms. The summed E-state index contributed by atoms with van der Waals surface area (Å²) in [5, 5.41) is 12.7. The summed E-state index contributed by atoms with van der Waals surface area (Å²) in [7, 11) is -3.94. The van der Waals surface area contributed by atoms with Crippen molar-refractivity contribution in [1.29, 1.82) is 0 Å². The van der Waals surface area contributed by atoms with Crippen LogP contribution >= 0.6 is 0 Å². The molecule has 1 N–H and O–H groups in total. The molecule has 1 fully saturated rings. The summed E-state index contributed by atoms with van der Waals surface area (Å²) < 4.78 is 14.0. The van der Waals surface area contributed by atoms with Gasteiger partial charge in [0.25, 0.3) is 0 Å². The zero-order valence-electron chi connectivity index (χ0n) is 22.0. The molecule has 0 aromatic rings. The van der Waals surface area contributed by atoms with Crippen LogP contribution in [-0.2, 0) is 8.85 Å². The molecule has 0 aromatic carbocycles. The van der Waals surface area contributed by atoms with Crippen molar-refractivity contribution >= 4 is 16.6 Å². The van der Waals surface area contributed by atoms with Crippen molar-refractivity contribution in [3.63, 3.8) is 0 Å². The lowest BCUT2D eigenvalue weighted by Crippen LogP contribution is -2.67. The van der Waals surface area contributed by atoms with E-state index >= 15 is 0 Å². The van der Waals surface area contributed by atoms with Crippen LogP contribution in [-0.4, -0.2) is 39.6 Å². The summed E-state index contributed by atoms with van der Waals surface area (Å²) in [6.45, 7) is 27.5. The van der Waals surface area contributed by atoms with Crippen LogP contribution in [0.5, 0.6) is 0 Å². The first kappa shape index (κ1) is 26.3. The molecule has 30 heavy (non-hydrogen) atoms. The SMILES string of the molecule is CC1=CCC[C@]2(C)[C@H](O[Si](C)(C)C(C)(C)C)CC[C@H](O[Si](C)(C)C(C)(C)C)[C@@]2(O)C1. The summed E-state index contributed by atoms with van der Waals surface area (Å²) >= 11 is 0. The molecule has 2 aliphatic carbocycles. The van der Waals surface area contributed by atoms with Gasteiger partial charge in [-0.3, -0.25) is 0 Å². The first-order valence-electron chi connectivity index (χ1n) is 12.0. The Kier molecular flexibility index (Phi) is 7.12. The van der Waals surface area contributed by atoms with E-state index in [1.807, 2.05) is 0 Å². The third-order valence-electron chi connectivity index (χ3n) is 9.11. The van der Waals surface area contributed by atoms with Crippen LogP contribution in [0.25, 0.3) is 0 Å². The van der Waals surface area contributed by atoms with E-state index in [0.29, 0.717) is 6.42 Å². The third kappa shape index (κ3) is 4.71. The van der Waals surface area contributed by atoms with Crippen LogP contribution < -0.4 is 0 Å². The average Bonchev–Trinajstić information content (AvgIpc) is 2.64. The first-order valence-corrected chi connectivity index (χ1v) is 17.8. The molecule has 0 spiro atoms. The molecule has 0 aromatic heterocycles. The molecule has 0 unspecified atom stereocenters. The molecule has 3 nitrogen and oxygen atoms in total. The molecule has 0 aliphatic heterocycles. The van der Waals surface area contributed by atoms with Crippen LogP contribution in [0.1, 0.15) is 87.5 Å². The van der Waals surface area contributed by atoms with E-state index in [-0.39, 0.29) is 27.7 Å². The topological polar surface area (TPSA) is 38.7 Å². The summed E-state index contributed by atoms with van der Waals surface area (Å²) in [5.41, 5.74) is 0.102. The molecular formula is C25H50O3Si2. The van der Waals surface area contributed by atoms with E-state index in [1.165, 1.54) is 5.57 Å². The molecule has 0 bridgehead atoms. The number of fused-ring (bicyclic) bond motifs is 1. The van der Waals surface area contributed by atoms with Crippen LogP contribution in [0.4, 0.5) is 0 Å². The Bertz CT molecular complexity index is 656. The van der Waals surface area contributed by atoms with Gasteiger partial charge in [0.1, 0.15) is 5.60 Å². The van der Waals surface area contributed by atoms with Gasteiger partial charge in [0.05, 0.1) is 12.2 Å². The number of allylic oxidation sites excluding steroid dienone is 1. The Morgan fingerprint density at radius 3 is 1.80 bits per heavy atom. The van der Waals surface area contributed by atoms with Crippen molar-refractivity contribution in [2.24, 2.45) is 5.41 Å². The Hall–Kier alpha value is 0.0538. The van der Waals surface area contributed by atoms with E-state index in [0.717, 1.165) is 25.7 Å². The minimum atomic E-state index is -2.00. The van der Waals surface area contributed by atoms with Crippen molar-refractivity contribution in [1.82, 2.24) is 0 Å². The highest BCUT2D eigenvalue weighted by Gasteiger charge is 2.62. The van der Waals surface area contributed by atoms with Gasteiger partial charge in [0, 0.05) is 5.41 Å². The highest BCUT2D eigenvalue weighted by atomic mass is 28.4. The molecule has 176 valence electrons. The van der Waals surface area contributed by atoms with Crippen molar-refractivity contribution in [2.75, 3.05) is 0 Å². The van der Waals surface area contributed by atoms with Crippen molar-refractivity contribution in [3.8, 4) is 0 Å². The molecule has 0 radical (unpaired) electrons. The highest BCUT2D eigenvalue weighted by molar-refractivity contribution is 6.74.